The van der Waals surface area contributed by atoms with Crippen molar-refractivity contribution in [3.63, 3.8) is 0 Å². The molecule has 0 aliphatic rings. The molecular weight excluding hydrogens is 428 g/mol. The standard InChI is InChI=1S/C23H18N4O2S2/c24-11-17-8-6-16(7-9-17)10-20-12-25-23(31-20)27-21(28)15-30-14-19-13-29-22(26-19)18-4-2-1-3-5-18/h1-9,12-13H,10,14-15H2,(H,25,27,28). The largest absolute Gasteiger partial charge is 0.444 e. The number of carbonyl (C=O) groups is 1. The summed E-state index contributed by atoms with van der Waals surface area (Å²) >= 11 is 2.92. The van der Waals surface area contributed by atoms with Crippen LogP contribution in [0.4, 0.5) is 5.13 Å². The minimum Gasteiger partial charge on any atom is -0.444 e. The monoisotopic (exact) mass is 446 g/mol. The fourth-order valence-corrected chi connectivity index (χ4v) is 4.40. The Kier molecular flexibility index (Phi) is 6.77. The second-order valence-corrected chi connectivity index (χ2v) is 8.77. The average Bonchev–Trinajstić information content (AvgIpc) is 3.45. The zero-order valence-electron chi connectivity index (χ0n) is 16.4. The van der Waals surface area contributed by atoms with Crippen molar-refractivity contribution in [3.8, 4) is 17.5 Å². The van der Waals surface area contributed by atoms with Crippen molar-refractivity contribution < 1.29 is 9.21 Å². The molecule has 0 spiro atoms. The van der Waals surface area contributed by atoms with E-state index in [2.05, 4.69) is 21.4 Å². The van der Waals surface area contributed by atoms with Gasteiger partial charge >= 0.3 is 0 Å². The number of amides is 1. The number of thiazole rings is 1. The van der Waals surface area contributed by atoms with E-state index in [4.69, 9.17) is 9.68 Å². The molecule has 1 amide bonds. The normalized spacial score (nSPS) is 10.5. The van der Waals surface area contributed by atoms with E-state index in [0.717, 1.165) is 21.7 Å². The lowest BCUT2D eigenvalue weighted by Crippen LogP contribution is -2.13. The summed E-state index contributed by atoms with van der Waals surface area (Å²) in [7, 11) is 0. The number of hydrogen-bond donors (Lipinski definition) is 1. The van der Waals surface area contributed by atoms with Gasteiger partial charge in [-0.3, -0.25) is 4.79 Å². The van der Waals surface area contributed by atoms with E-state index in [0.29, 0.717) is 34.5 Å². The van der Waals surface area contributed by atoms with E-state index in [1.807, 2.05) is 42.5 Å². The second kappa shape index (κ2) is 10.1. The molecule has 6 nitrogen and oxygen atoms in total. The smallest absolute Gasteiger partial charge is 0.236 e. The predicted octanol–water partition coefficient (Wildman–Crippen LogP) is 5.13. The van der Waals surface area contributed by atoms with Gasteiger partial charge < -0.3 is 9.73 Å². The summed E-state index contributed by atoms with van der Waals surface area (Å²) in [6.45, 7) is 0. The van der Waals surface area contributed by atoms with Gasteiger partial charge in [0.25, 0.3) is 0 Å². The number of nitrogens with one attached hydrogen (secondary N) is 1. The summed E-state index contributed by atoms with van der Waals surface area (Å²) in [4.78, 5) is 22.0. The first-order chi connectivity index (χ1) is 15.2. The first-order valence-electron chi connectivity index (χ1n) is 9.51. The number of thioether (sulfide) groups is 1. The average molecular weight is 447 g/mol. The minimum absolute atomic E-state index is 0.101. The van der Waals surface area contributed by atoms with Crippen molar-refractivity contribution >= 4 is 34.1 Å². The summed E-state index contributed by atoms with van der Waals surface area (Å²) < 4.78 is 5.52. The number of nitriles is 1. The Bertz CT molecular complexity index is 1190. The molecule has 31 heavy (non-hydrogen) atoms. The lowest BCUT2D eigenvalue weighted by atomic mass is 10.1. The van der Waals surface area contributed by atoms with E-state index in [-0.39, 0.29) is 5.91 Å². The van der Waals surface area contributed by atoms with Crippen molar-refractivity contribution in [1.29, 1.82) is 5.26 Å². The molecule has 0 aliphatic carbocycles. The third kappa shape index (κ3) is 5.81. The third-order valence-electron chi connectivity index (χ3n) is 4.32. The van der Waals surface area contributed by atoms with Gasteiger partial charge in [0.1, 0.15) is 6.26 Å². The predicted molar refractivity (Wildman–Crippen MR) is 123 cm³/mol. The SMILES string of the molecule is N#Cc1ccc(Cc2cnc(NC(=O)CSCc3coc(-c4ccccc4)n3)s2)cc1. The molecule has 2 aromatic carbocycles. The highest BCUT2D eigenvalue weighted by Crippen LogP contribution is 2.23. The molecular formula is C23H18N4O2S2. The molecule has 0 bridgehead atoms. The number of benzene rings is 2. The molecule has 1 N–H and O–H groups in total. The second-order valence-electron chi connectivity index (χ2n) is 6.67. The van der Waals surface area contributed by atoms with Crippen molar-refractivity contribution in [2.45, 2.75) is 12.2 Å². The molecule has 4 rings (SSSR count). The maximum absolute atomic E-state index is 12.2. The van der Waals surface area contributed by atoms with E-state index in [1.54, 1.807) is 24.6 Å². The molecule has 2 heterocycles. The van der Waals surface area contributed by atoms with Crippen molar-refractivity contribution in [3.05, 3.63) is 88.8 Å². The zero-order valence-corrected chi connectivity index (χ0v) is 18.1. The van der Waals surface area contributed by atoms with Crippen LogP contribution in [0.15, 0.2) is 71.5 Å². The van der Waals surface area contributed by atoms with Crippen LogP contribution in [0.1, 0.15) is 21.7 Å². The zero-order chi connectivity index (χ0) is 21.5. The number of nitrogens with zero attached hydrogens (tertiary/aromatic N) is 3. The summed E-state index contributed by atoms with van der Waals surface area (Å²) in [5.41, 5.74) is 3.46. The number of hydrogen-bond acceptors (Lipinski definition) is 7. The Hall–Kier alpha value is -3.41. The number of rotatable bonds is 8. The first kappa shape index (κ1) is 20.8. The maximum atomic E-state index is 12.2. The Morgan fingerprint density at radius 1 is 1.16 bits per heavy atom. The van der Waals surface area contributed by atoms with E-state index >= 15 is 0 Å². The minimum atomic E-state index is -0.101. The summed E-state index contributed by atoms with van der Waals surface area (Å²) in [6, 6.07) is 19.3. The van der Waals surface area contributed by atoms with E-state index in [1.165, 1.54) is 23.1 Å². The molecule has 0 fully saturated rings. The Morgan fingerprint density at radius 3 is 2.74 bits per heavy atom. The fourth-order valence-electron chi connectivity index (χ4n) is 2.84. The van der Waals surface area contributed by atoms with Crippen molar-refractivity contribution in [2.24, 2.45) is 0 Å². The molecule has 0 saturated heterocycles. The Labute approximate surface area is 188 Å². The molecule has 8 heteroatoms. The lowest BCUT2D eigenvalue weighted by molar-refractivity contribution is -0.113. The molecule has 0 atom stereocenters. The van der Waals surface area contributed by atoms with Gasteiger partial charge in [0, 0.05) is 28.8 Å². The molecule has 0 saturated carbocycles. The van der Waals surface area contributed by atoms with Gasteiger partial charge in [-0.2, -0.15) is 5.26 Å². The molecule has 0 unspecified atom stereocenters. The van der Waals surface area contributed by atoms with Crippen LogP contribution in [0, 0.1) is 11.3 Å². The molecule has 4 aromatic rings. The Morgan fingerprint density at radius 2 is 1.97 bits per heavy atom. The van der Waals surface area contributed by atoms with Crippen LogP contribution in [0.2, 0.25) is 0 Å². The molecule has 0 radical (unpaired) electrons. The van der Waals surface area contributed by atoms with Gasteiger partial charge in [-0.05, 0) is 29.8 Å². The van der Waals surface area contributed by atoms with Crippen LogP contribution in [0.25, 0.3) is 11.5 Å². The third-order valence-corrected chi connectivity index (χ3v) is 6.20. The fraction of sp³-hybridized carbons (Fsp3) is 0.130. The van der Waals surface area contributed by atoms with Gasteiger partial charge in [-0.25, -0.2) is 9.97 Å². The highest BCUT2D eigenvalue weighted by Gasteiger charge is 2.10. The van der Waals surface area contributed by atoms with Gasteiger partial charge in [0.2, 0.25) is 11.8 Å². The van der Waals surface area contributed by atoms with Gasteiger partial charge in [-0.15, -0.1) is 23.1 Å². The van der Waals surface area contributed by atoms with Crippen molar-refractivity contribution in [2.75, 3.05) is 11.1 Å². The number of carbonyl (C=O) groups excluding carboxylic acids is 1. The van der Waals surface area contributed by atoms with E-state index < -0.39 is 0 Å². The molecule has 2 aromatic heterocycles. The van der Waals surface area contributed by atoms with Crippen LogP contribution in [-0.2, 0) is 17.0 Å². The van der Waals surface area contributed by atoms with Crippen LogP contribution >= 0.6 is 23.1 Å². The Balaban J connectivity index is 1.23. The summed E-state index contributed by atoms with van der Waals surface area (Å²) in [5.74, 6) is 1.37. The van der Waals surface area contributed by atoms with Crippen LogP contribution in [-0.4, -0.2) is 21.6 Å². The number of anilines is 1. The van der Waals surface area contributed by atoms with Crippen LogP contribution in [0.5, 0.6) is 0 Å². The number of oxazole rings is 1. The maximum Gasteiger partial charge on any atom is 0.236 e. The summed E-state index contributed by atoms with van der Waals surface area (Å²) in [6.07, 6.45) is 4.11. The van der Waals surface area contributed by atoms with Crippen LogP contribution in [0.3, 0.4) is 0 Å². The first-order valence-corrected chi connectivity index (χ1v) is 11.5. The number of aromatic nitrogens is 2. The lowest BCUT2D eigenvalue weighted by Gasteiger charge is -2.01. The van der Waals surface area contributed by atoms with E-state index in [9.17, 15) is 4.79 Å². The molecule has 154 valence electrons. The molecule has 0 aliphatic heterocycles. The van der Waals surface area contributed by atoms with Crippen molar-refractivity contribution in [1.82, 2.24) is 9.97 Å². The highest BCUT2D eigenvalue weighted by molar-refractivity contribution is 7.99. The quantitative estimate of drug-likeness (QED) is 0.403. The van der Waals surface area contributed by atoms with Gasteiger partial charge in [-0.1, -0.05) is 30.3 Å². The van der Waals surface area contributed by atoms with Crippen LogP contribution < -0.4 is 5.32 Å². The van der Waals surface area contributed by atoms with Gasteiger partial charge in [0.15, 0.2) is 5.13 Å². The van der Waals surface area contributed by atoms with Gasteiger partial charge in [0.05, 0.1) is 23.1 Å². The summed E-state index contributed by atoms with van der Waals surface area (Å²) in [5, 5.41) is 12.3. The topological polar surface area (TPSA) is 91.8 Å². The highest BCUT2D eigenvalue weighted by atomic mass is 32.2.